The van der Waals surface area contributed by atoms with Gasteiger partial charge in [0.1, 0.15) is 17.5 Å². The number of halogens is 3. The molecule has 0 saturated carbocycles. The van der Waals surface area contributed by atoms with Crippen molar-refractivity contribution in [1.82, 2.24) is 4.98 Å². The van der Waals surface area contributed by atoms with Crippen LogP contribution >= 0.6 is 0 Å². The van der Waals surface area contributed by atoms with Gasteiger partial charge >= 0.3 is 0 Å². The van der Waals surface area contributed by atoms with Crippen molar-refractivity contribution in [3.05, 3.63) is 65.6 Å². The zero-order valence-electron chi connectivity index (χ0n) is 11.1. The van der Waals surface area contributed by atoms with Crippen molar-refractivity contribution in [2.24, 2.45) is 0 Å². The minimum absolute atomic E-state index is 0.118. The maximum Gasteiger partial charge on any atom is 0.149 e. The van der Waals surface area contributed by atoms with E-state index >= 15 is 0 Å². The van der Waals surface area contributed by atoms with Crippen LogP contribution in [0.3, 0.4) is 0 Å². The molecule has 0 amide bonds. The molecular weight excluding hydrogens is 277 g/mol. The van der Waals surface area contributed by atoms with Crippen molar-refractivity contribution in [3.8, 4) is 0 Å². The molecule has 1 heterocycles. The smallest absolute Gasteiger partial charge is 0.149 e. The van der Waals surface area contributed by atoms with Crippen LogP contribution in [0.15, 0.2) is 42.5 Å². The molecule has 0 atom stereocenters. The monoisotopic (exact) mass is 288 g/mol. The molecule has 3 aromatic rings. The quantitative estimate of drug-likeness (QED) is 0.739. The van der Waals surface area contributed by atoms with Gasteiger partial charge in [-0.05, 0) is 43.3 Å². The third kappa shape index (κ3) is 2.67. The van der Waals surface area contributed by atoms with Crippen LogP contribution in [0.5, 0.6) is 0 Å². The van der Waals surface area contributed by atoms with Gasteiger partial charge in [-0.1, -0.05) is 0 Å². The number of aromatic nitrogens is 1. The van der Waals surface area contributed by atoms with E-state index < -0.39 is 17.5 Å². The molecule has 0 radical (unpaired) electrons. The second kappa shape index (κ2) is 5.09. The number of aryl methyl sites for hydroxylation is 1. The fraction of sp³-hybridized carbons (Fsp3) is 0.0625. The number of hydrogen-bond donors (Lipinski definition) is 1. The summed E-state index contributed by atoms with van der Waals surface area (Å²) in [5.74, 6) is -1.77. The van der Waals surface area contributed by atoms with Gasteiger partial charge in [0.25, 0.3) is 0 Å². The fourth-order valence-electron chi connectivity index (χ4n) is 2.17. The van der Waals surface area contributed by atoms with Gasteiger partial charge in [-0.2, -0.15) is 0 Å². The van der Waals surface area contributed by atoms with Crippen LogP contribution in [0, 0.1) is 24.4 Å². The van der Waals surface area contributed by atoms with Crippen LogP contribution in [0.4, 0.5) is 24.5 Å². The number of nitrogens with one attached hydrogen (secondary N) is 1. The van der Waals surface area contributed by atoms with Gasteiger partial charge in [-0.15, -0.1) is 0 Å². The Morgan fingerprint density at radius 2 is 1.57 bits per heavy atom. The molecule has 2 aromatic carbocycles. The van der Waals surface area contributed by atoms with Crippen LogP contribution in [-0.4, -0.2) is 4.98 Å². The summed E-state index contributed by atoms with van der Waals surface area (Å²) in [6, 6.07) is 9.13. The third-order valence-electron chi connectivity index (χ3n) is 3.10. The summed E-state index contributed by atoms with van der Waals surface area (Å²) < 4.78 is 40.1. The Hall–Kier alpha value is -2.56. The number of hydrogen-bond acceptors (Lipinski definition) is 2. The molecule has 0 saturated heterocycles. The average Bonchev–Trinajstić information content (AvgIpc) is 2.42. The van der Waals surface area contributed by atoms with Gasteiger partial charge in [-0.3, -0.25) is 4.98 Å². The van der Waals surface area contributed by atoms with Gasteiger partial charge in [0.2, 0.25) is 0 Å². The first-order valence-corrected chi connectivity index (χ1v) is 6.32. The highest BCUT2D eigenvalue weighted by atomic mass is 19.1. The molecule has 0 bridgehead atoms. The summed E-state index contributed by atoms with van der Waals surface area (Å²) in [6.45, 7) is 1.79. The van der Waals surface area contributed by atoms with Crippen molar-refractivity contribution in [2.75, 3.05) is 5.32 Å². The highest BCUT2D eigenvalue weighted by Crippen LogP contribution is 2.28. The van der Waals surface area contributed by atoms with E-state index in [2.05, 4.69) is 10.3 Å². The van der Waals surface area contributed by atoms with Crippen LogP contribution in [0.2, 0.25) is 0 Å². The largest absolute Gasteiger partial charge is 0.353 e. The van der Waals surface area contributed by atoms with Crippen molar-refractivity contribution >= 4 is 22.3 Å². The predicted molar refractivity (Wildman–Crippen MR) is 76.1 cm³/mol. The summed E-state index contributed by atoms with van der Waals surface area (Å²) in [5.41, 5.74) is 1.94. The van der Waals surface area contributed by atoms with Crippen molar-refractivity contribution in [1.29, 1.82) is 0 Å². The SMILES string of the molecule is Cc1cc(Nc2ccc(F)cc2F)c2cc(F)ccc2n1. The Labute approximate surface area is 119 Å². The van der Waals surface area contributed by atoms with Crippen LogP contribution in [0.25, 0.3) is 10.9 Å². The van der Waals surface area contributed by atoms with Gasteiger partial charge < -0.3 is 5.32 Å². The molecule has 3 rings (SSSR count). The van der Waals surface area contributed by atoms with Crippen LogP contribution < -0.4 is 5.32 Å². The second-order valence-electron chi connectivity index (χ2n) is 4.72. The van der Waals surface area contributed by atoms with E-state index in [9.17, 15) is 13.2 Å². The molecule has 0 spiro atoms. The Bertz CT molecular complexity index is 831. The van der Waals surface area contributed by atoms with Crippen LogP contribution in [0.1, 0.15) is 5.69 Å². The average molecular weight is 288 g/mol. The number of rotatable bonds is 2. The molecule has 0 unspecified atom stereocenters. The number of fused-ring (bicyclic) bond motifs is 1. The van der Waals surface area contributed by atoms with E-state index in [-0.39, 0.29) is 5.69 Å². The summed E-state index contributed by atoms with van der Waals surface area (Å²) in [7, 11) is 0. The molecule has 1 N–H and O–H groups in total. The van der Waals surface area contributed by atoms with Crippen molar-refractivity contribution in [3.63, 3.8) is 0 Å². The van der Waals surface area contributed by atoms with E-state index in [4.69, 9.17) is 0 Å². The molecule has 0 aliphatic heterocycles. The lowest BCUT2D eigenvalue weighted by Gasteiger charge is -2.11. The van der Waals surface area contributed by atoms with E-state index in [0.29, 0.717) is 22.3 Å². The number of pyridine rings is 1. The summed E-state index contributed by atoms with van der Waals surface area (Å²) in [6.07, 6.45) is 0. The second-order valence-corrected chi connectivity index (χ2v) is 4.72. The highest BCUT2D eigenvalue weighted by molar-refractivity contribution is 5.93. The van der Waals surface area contributed by atoms with Crippen molar-refractivity contribution < 1.29 is 13.2 Å². The molecular formula is C16H11F3N2. The number of nitrogens with zero attached hydrogens (tertiary/aromatic N) is 1. The lowest BCUT2D eigenvalue weighted by atomic mass is 10.1. The Balaban J connectivity index is 2.13. The standard InChI is InChI=1S/C16H11F3N2/c1-9-6-16(12-7-10(17)2-4-14(12)20-9)21-15-5-3-11(18)8-13(15)19/h2-8H,1H3,(H,20,21). The van der Waals surface area contributed by atoms with Gasteiger partial charge in [0.15, 0.2) is 0 Å². The van der Waals surface area contributed by atoms with Crippen molar-refractivity contribution in [2.45, 2.75) is 6.92 Å². The fourth-order valence-corrected chi connectivity index (χ4v) is 2.17. The highest BCUT2D eigenvalue weighted by Gasteiger charge is 2.09. The molecule has 0 fully saturated rings. The lowest BCUT2D eigenvalue weighted by molar-refractivity contribution is 0.586. The maximum absolute atomic E-state index is 13.7. The van der Waals surface area contributed by atoms with E-state index in [1.807, 2.05) is 0 Å². The first kappa shape index (κ1) is 13.4. The van der Waals surface area contributed by atoms with E-state index in [1.54, 1.807) is 19.1 Å². The molecule has 0 aliphatic carbocycles. The first-order valence-electron chi connectivity index (χ1n) is 6.32. The number of benzene rings is 2. The number of anilines is 2. The summed E-state index contributed by atoms with van der Waals surface area (Å²) >= 11 is 0. The molecule has 2 nitrogen and oxygen atoms in total. The maximum atomic E-state index is 13.7. The zero-order chi connectivity index (χ0) is 15.0. The minimum atomic E-state index is -0.714. The molecule has 0 aliphatic rings. The molecule has 5 heteroatoms. The molecule has 21 heavy (non-hydrogen) atoms. The molecule has 106 valence electrons. The van der Waals surface area contributed by atoms with Gasteiger partial charge in [0.05, 0.1) is 11.2 Å². The topological polar surface area (TPSA) is 24.9 Å². The predicted octanol–water partition coefficient (Wildman–Crippen LogP) is 4.70. The molecule has 1 aromatic heterocycles. The lowest BCUT2D eigenvalue weighted by Crippen LogP contribution is -1.97. The van der Waals surface area contributed by atoms with E-state index in [0.717, 1.165) is 12.1 Å². The summed E-state index contributed by atoms with van der Waals surface area (Å²) in [5, 5.41) is 3.39. The first-order chi connectivity index (χ1) is 10.0. The third-order valence-corrected chi connectivity index (χ3v) is 3.10. The Kier molecular flexibility index (Phi) is 3.25. The van der Waals surface area contributed by atoms with Gasteiger partial charge in [-0.25, -0.2) is 13.2 Å². The normalized spacial score (nSPS) is 10.9. The van der Waals surface area contributed by atoms with E-state index in [1.165, 1.54) is 18.2 Å². The van der Waals surface area contributed by atoms with Gasteiger partial charge in [0, 0.05) is 22.8 Å². The van der Waals surface area contributed by atoms with Crippen LogP contribution in [-0.2, 0) is 0 Å². The minimum Gasteiger partial charge on any atom is -0.353 e. The summed E-state index contributed by atoms with van der Waals surface area (Å²) in [4.78, 5) is 4.30. The zero-order valence-corrected chi connectivity index (χ0v) is 11.1. The Morgan fingerprint density at radius 3 is 2.33 bits per heavy atom. The Morgan fingerprint density at radius 1 is 0.857 bits per heavy atom.